The van der Waals surface area contributed by atoms with Gasteiger partial charge < -0.3 is 24.2 Å². The van der Waals surface area contributed by atoms with Crippen LogP contribution >= 0.6 is 0 Å². The topological polar surface area (TPSA) is 86.6 Å². The molecule has 0 bridgehead atoms. The third-order valence-corrected chi connectivity index (χ3v) is 8.25. The van der Waals surface area contributed by atoms with Crippen LogP contribution in [0.5, 0.6) is 6.01 Å². The van der Waals surface area contributed by atoms with E-state index in [1.165, 1.54) is 28.5 Å². The van der Waals surface area contributed by atoms with E-state index in [9.17, 15) is 4.79 Å². The molecule has 1 aromatic carbocycles. The summed E-state index contributed by atoms with van der Waals surface area (Å²) in [6, 6.07) is 4.78. The summed E-state index contributed by atoms with van der Waals surface area (Å²) >= 11 is 0. The average molecular weight is 564 g/mol. The van der Waals surface area contributed by atoms with Crippen LogP contribution in [0, 0.1) is 13.8 Å². The molecule has 10 nitrogen and oxygen atoms in total. The SMILES string of the molecule is C=CC(=O)N1CCN(c2nc(OCCCN3CCOCC3)nc3c2CCN(c2c(C)ccc(C)c2C=NC)C3)CC1.[HH]. The minimum atomic E-state index is -0.0192. The number of aryl methyl sites for hydroxylation is 2. The van der Waals surface area contributed by atoms with Crippen LogP contribution in [0.1, 0.15) is 35.8 Å². The summed E-state index contributed by atoms with van der Waals surface area (Å²) in [7, 11) is 1.82. The number of ether oxygens (including phenoxy) is 2. The lowest BCUT2D eigenvalue weighted by Crippen LogP contribution is -2.49. The molecule has 0 atom stereocenters. The molecule has 3 aliphatic heterocycles. The van der Waals surface area contributed by atoms with Gasteiger partial charge in [0.05, 0.1) is 32.1 Å². The maximum Gasteiger partial charge on any atom is 0.318 e. The van der Waals surface area contributed by atoms with E-state index >= 15 is 0 Å². The van der Waals surface area contributed by atoms with Gasteiger partial charge in [0.1, 0.15) is 5.82 Å². The molecule has 10 heteroatoms. The van der Waals surface area contributed by atoms with Crippen molar-refractivity contribution in [3.63, 3.8) is 0 Å². The number of benzene rings is 1. The Hall–Kier alpha value is -3.50. The van der Waals surface area contributed by atoms with Crippen LogP contribution in [0.15, 0.2) is 29.8 Å². The maximum atomic E-state index is 12.2. The van der Waals surface area contributed by atoms with Crippen molar-refractivity contribution in [3.8, 4) is 6.01 Å². The highest BCUT2D eigenvalue weighted by Gasteiger charge is 2.29. The van der Waals surface area contributed by atoms with Gasteiger partial charge in [-0.25, -0.2) is 0 Å². The van der Waals surface area contributed by atoms with Crippen molar-refractivity contribution in [2.45, 2.75) is 33.2 Å². The number of hydrogen-bond acceptors (Lipinski definition) is 9. The van der Waals surface area contributed by atoms with Gasteiger partial charge in [0.15, 0.2) is 0 Å². The Labute approximate surface area is 245 Å². The molecule has 0 spiro atoms. The molecular weight excluding hydrogens is 518 g/mol. The van der Waals surface area contributed by atoms with Gasteiger partial charge in [-0.3, -0.25) is 14.7 Å². The van der Waals surface area contributed by atoms with E-state index < -0.39 is 0 Å². The third kappa shape index (κ3) is 6.70. The summed E-state index contributed by atoms with van der Waals surface area (Å²) in [5.74, 6) is 0.925. The van der Waals surface area contributed by atoms with Gasteiger partial charge in [-0.2, -0.15) is 9.97 Å². The van der Waals surface area contributed by atoms with Crippen LogP contribution in [0.4, 0.5) is 11.5 Å². The van der Waals surface area contributed by atoms with E-state index in [1.807, 2.05) is 18.2 Å². The van der Waals surface area contributed by atoms with Gasteiger partial charge in [0.25, 0.3) is 0 Å². The summed E-state index contributed by atoms with van der Waals surface area (Å²) in [5, 5.41) is 0. The highest BCUT2D eigenvalue weighted by Crippen LogP contribution is 2.34. The van der Waals surface area contributed by atoms with Crippen LogP contribution < -0.4 is 14.5 Å². The maximum absolute atomic E-state index is 12.2. The van der Waals surface area contributed by atoms with E-state index in [-0.39, 0.29) is 7.33 Å². The van der Waals surface area contributed by atoms with Gasteiger partial charge in [-0.1, -0.05) is 18.7 Å². The molecule has 1 amide bonds. The largest absolute Gasteiger partial charge is 0.463 e. The molecule has 222 valence electrons. The van der Waals surface area contributed by atoms with Crippen molar-refractivity contribution in [2.24, 2.45) is 4.99 Å². The number of carbonyl (C=O) groups is 1. The second-order valence-corrected chi connectivity index (χ2v) is 10.9. The Morgan fingerprint density at radius 1 is 1.07 bits per heavy atom. The fourth-order valence-corrected chi connectivity index (χ4v) is 5.98. The predicted octanol–water partition coefficient (Wildman–Crippen LogP) is 2.89. The van der Waals surface area contributed by atoms with Gasteiger partial charge in [0.2, 0.25) is 5.91 Å². The van der Waals surface area contributed by atoms with Gasteiger partial charge in [-0.05, 0) is 43.9 Å². The van der Waals surface area contributed by atoms with Gasteiger partial charge >= 0.3 is 6.01 Å². The summed E-state index contributed by atoms with van der Waals surface area (Å²) in [4.78, 5) is 35.4. The smallest absolute Gasteiger partial charge is 0.318 e. The monoisotopic (exact) mass is 563 g/mol. The molecule has 41 heavy (non-hydrogen) atoms. The molecule has 2 fully saturated rings. The first-order chi connectivity index (χ1) is 20.0. The summed E-state index contributed by atoms with van der Waals surface area (Å²) in [5.41, 5.74) is 7.00. The standard InChI is InChI=1S/C31H43N7O3.H2/c1-5-28(39)36-12-14-37(15-13-36)30-25-9-11-38(29-24(3)8-7-23(2)26(29)21-32-4)22-27(25)33-31(34-30)41-18-6-10-35-16-19-40-20-17-35;/h5,7-8,21H,1,6,9-20,22H2,2-4H3;1H. The van der Waals surface area contributed by atoms with Crippen molar-refractivity contribution in [1.82, 2.24) is 19.8 Å². The first kappa shape index (κ1) is 29.0. The number of aromatic nitrogens is 2. The Kier molecular flexibility index (Phi) is 9.51. The molecule has 0 radical (unpaired) electrons. The first-order valence-corrected chi connectivity index (χ1v) is 14.7. The lowest BCUT2D eigenvalue weighted by Gasteiger charge is -2.38. The molecule has 0 unspecified atom stereocenters. The number of rotatable bonds is 9. The van der Waals surface area contributed by atoms with Crippen LogP contribution in [-0.4, -0.2) is 111 Å². The average Bonchev–Trinajstić information content (AvgIpc) is 3.01. The van der Waals surface area contributed by atoms with Crippen molar-refractivity contribution in [3.05, 3.63) is 52.7 Å². The number of anilines is 2. The van der Waals surface area contributed by atoms with E-state index in [1.54, 1.807) is 0 Å². The van der Waals surface area contributed by atoms with Crippen molar-refractivity contribution in [2.75, 3.05) is 89.0 Å². The molecule has 0 saturated carbocycles. The number of fused-ring (bicyclic) bond motifs is 1. The van der Waals surface area contributed by atoms with E-state index in [0.717, 1.165) is 82.4 Å². The van der Waals surface area contributed by atoms with Gasteiger partial charge in [-0.15, -0.1) is 0 Å². The minimum Gasteiger partial charge on any atom is -0.463 e. The molecule has 0 N–H and O–H groups in total. The van der Waals surface area contributed by atoms with Crippen LogP contribution in [0.2, 0.25) is 0 Å². The van der Waals surface area contributed by atoms with Gasteiger partial charge in [0, 0.05) is 83.9 Å². The molecule has 2 aromatic rings. The number of aliphatic imine (C=N–C) groups is 1. The number of piperazine rings is 1. The number of carbonyl (C=O) groups excluding carboxylic acids is 1. The highest BCUT2D eigenvalue weighted by atomic mass is 16.5. The van der Waals surface area contributed by atoms with Crippen LogP contribution in [0.25, 0.3) is 0 Å². The Bertz CT molecular complexity index is 1270. The minimum absolute atomic E-state index is 0. The summed E-state index contributed by atoms with van der Waals surface area (Å²) < 4.78 is 11.7. The van der Waals surface area contributed by atoms with Crippen LogP contribution in [-0.2, 0) is 22.5 Å². The second kappa shape index (κ2) is 13.4. The fraction of sp³-hybridized carbons (Fsp3) is 0.548. The predicted molar refractivity (Wildman–Crippen MR) is 165 cm³/mol. The quantitative estimate of drug-likeness (QED) is 0.262. The number of hydrogen-bond donors (Lipinski definition) is 0. The molecule has 3 aliphatic rings. The molecule has 1 aromatic heterocycles. The molecular formula is C31H45N7O3. The van der Waals surface area contributed by atoms with Crippen molar-refractivity contribution >= 4 is 23.6 Å². The fourth-order valence-electron chi connectivity index (χ4n) is 5.98. The number of amides is 1. The van der Waals surface area contributed by atoms with E-state index in [0.29, 0.717) is 32.3 Å². The zero-order valence-electron chi connectivity index (χ0n) is 24.8. The molecule has 5 rings (SSSR count). The zero-order valence-corrected chi connectivity index (χ0v) is 24.8. The van der Waals surface area contributed by atoms with Crippen LogP contribution in [0.3, 0.4) is 0 Å². The lowest BCUT2D eigenvalue weighted by molar-refractivity contribution is -0.126. The molecule has 4 heterocycles. The zero-order chi connectivity index (χ0) is 28.8. The molecule has 0 aliphatic carbocycles. The van der Waals surface area contributed by atoms with E-state index in [2.05, 4.69) is 52.3 Å². The highest BCUT2D eigenvalue weighted by molar-refractivity contribution is 5.91. The number of nitrogens with zero attached hydrogens (tertiary/aromatic N) is 7. The second-order valence-electron chi connectivity index (χ2n) is 10.9. The lowest BCUT2D eigenvalue weighted by atomic mass is 9.98. The number of morpholine rings is 1. The molecule has 2 saturated heterocycles. The normalized spacial score (nSPS) is 18.1. The van der Waals surface area contributed by atoms with Crippen molar-refractivity contribution in [1.29, 1.82) is 0 Å². The summed E-state index contributed by atoms with van der Waals surface area (Å²) in [6.07, 6.45) is 5.10. The Morgan fingerprint density at radius 3 is 2.56 bits per heavy atom. The van der Waals surface area contributed by atoms with Crippen molar-refractivity contribution < 1.29 is 15.7 Å². The Morgan fingerprint density at radius 2 is 1.83 bits per heavy atom. The summed E-state index contributed by atoms with van der Waals surface area (Å²) in [6.45, 7) is 17.3. The Balaban J connectivity index is 0.00000405. The van der Waals surface area contributed by atoms with E-state index in [4.69, 9.17) is 19.4 Å². The third-order valence-electron chi connectivity index (χ3n) is 8.25. The first-order valence-electron chi connectivity index (χ1n) is 14.7.